The van der Waals surface area contributed by atoms with Crippen LogP contribution < -0.4 is 4.74 Å². The van der Waals surface area contributed by atoms with Gasteiger partial charge in [0.1, 0.15) is 12.6 Å². The van der Waals surface area contributed by atoms with E-state index < -0.39 is 5.97 Å². The molecule has 0 N–H and O–H groups in total. The highest BCUT2D eigenvalue weighted by Gasteiger charge is 2.39. The van der Waals surface area contributed by atoms with Gasteiger partial charge in [-0.3, -0.25) is 4.79 Å². The van der Waals surface area contributed by atoms with E-state index in [1.807, 2.05) is 42.6 Å². The Hall–Kier alpha value is -3.20. The van der Waals surface area contributed by atoms with Crippen LogP contribution in [0.1, 0.15) is 50.2 Å². The van der Waals surface area contributed by atoms with Crippen molar-refractivity contribution in [3.05, 3.63) is 63.4 Å². The minimum atomic E-state index is -0.619. The SMILES string of the molecule is CCOC(=O)c1nn2c(c1OCc1ccccc1)C(=O)N(C)CC2c1csc(C)n1. The molecule has 4 rings (SSSR count). The maximum Gasteiger partial charge on any atom is 0.362 e. The van der Waals surface area contributed by atoms with Crippen LogP contribution in [-0.4, -0.2) is 51.7 Å². The molecule has 30 heavy (non-hydrogen) atoms. The zero-order valence-electron chi connectivity index (χ0n) is 17.0. The van der Waals surface area contributed by atoms with Crippen LogP contribution in [0.4, 0.5) is 0 Å². The Morgan fingerprint density at radius 3 is 2.73 bits per heavy atom. The molecule has 0 spiro atoms. The maximum absolute atomic E-state index is 13.0. The number of aromatic nitrogens is 3. The number of carbonyl (C=O) groups excluding carboxylic acids is 2. The van der Waals surface area contributed by atoms with Crippen LogP contribution >= 0.6 is 11.3 Å². The lowest BCUT2D eigenvalue weighted by molar-refractivity contribution is 0.0512. The van der Waals surface area contributed by atoms with E-state index in [-0.39, 0.29) is 42.3 Å². The Bertz CT molecular complexity index is 1080. The number of thiazole rings is 1. The second kappa shape index (κ2) is 8.27. The molecule has 1 aromatic carbocycles. The van der Waals surface area contributed by atoms with E-state index in [0.29, 0.717) is 6.54 Å². The van der Waals surface area contributed by atoms with Crippen LogP contribution in [0.15, 0.2) is 35.7 Å². The first kappa shape index (κ1) is 20.1. The topological polar surface area (TPSA) is 86.5 Å². The molecule has 0 aliphatic carbocycles. The molecule has 2 aromatic heterocycles. The quantitative estimate of drug-likeness (QED) is 0.563. The van der Waals surface area contributed by atoms with Gasteiger partial charge in [-0.2, -0.15) is 5.10 Å². The van der Waals surface area contributed by atoms with Crippen molar-refractivity contribution >= 4 is 23.2 Å². The van der Waals surface area contributed by atoms with Crippen LogP contribution in [-0.2, 0) is 11.3 Å². The molecular formula is C21H22N4O4S. The van der Waals surface area contributed by atoms with E-state index in [0.717, 1.165) is 16.3 Å². The monoisotopic (exact) mass is 426 g/mol. The van der Waals surface area contributed by atoms with Gasteiger partial charge in [-0.25, -0.2) is 14.5 Å². The van der Waals surface area contributed by atoms with Crippen molar-refractivity contribution in [2.24, 2.45) is 0 Å². The summed E-state index contributed by atoms with van der Waals surface area (Å²) >= 11 is 1.53. The van der Waals surface area contributed by atoms with E-state index in [1.165, 1.54) is 11.3 Å². The first-order chi connectivity index (χ1) is 14.5. The predicted octanol–water partition coefficient (Wildman–Crippen LogP) is 3.08. The van der Waals surface area contributed by atoms with Crippen molar-refractivity contribution in [3.8, 4) is 5.75 Å². The number of hydrogen-bond acceptors (Lipinski definition) is 7. The van der Waals surface area contributed by atoms with Crippen LogP contribution in [0, 0.1) is 6.92 Å². The van der Waals surface area contributed by atoms with Crippen molar-refractivity contribution in [1.82, 2.24) is 19.7 Å². The first-order valence-corrected chi connectivity index (χ1v) is 10.5. The molecule has 0 saturated carbocycles. The normalized spacial score (nSPS) is 15.8. The molecule has 0 radical (unpaired) electrons. The molecule has 0 bridgehead atoms. The summed E-state index contributed by atoms with van der Waals surface area (Å²) in [6, 6.07) is 9.23. The third kappa shape index (κ3) is 3.68. The molecule has 0 fully saturated rings. The van der Waals surface area contributed by atoms with Gasteiger partial charge >= 0.3 is 5.97 Å². The fourth-order valence-corrected chi connectivity index (χ4v) is 4.05. The van der Waals surface area contributed by atoms with E-state index in [9.17, 15) is 9.59 Å². The second-order valence-electron chi connectivity index (χ2n) is 6.96. The number of hydrogen-bond donors (Lipinski definition) is 0. The van der Waals surface area contributed by atoms with Gasteiger partial charge in [0.2, 0.25) is 5.69 Å². The molecule has 1 amide bonds. The maximum atomic E-state index is 13.0. The molecule has 0 saturated heterocycles. The summed E-state index contributed by atoms with van der Waals surface area (Å²) in [6.07, 6.45) is 0. The molecule has 1 unspecified atom stereocenters. The molecule has 156 valence electrons. The third-order valence-corrected chi connectivity index (χ3v) is 5.62. The Labute approximate surface area is 178 Å². The van der Waals surface area contributed by atoms with Crippen molar-refractivity contribution in [2.45, 2.75) is 26.5 Å². The minimum Gasteiger partial charge on any atom is -0.484 e. The summed E-state index contributed by atoms with van der Waals surface area (Å²) in [7, 11) is 1.72. The summed E-state index contributed by atoms with van der Waals surface area (Å²) in [5.74, 6) is -0.735. The minimum absolute atomic E-state index is 0.00313. The van der Waals surface area contributed by atoms with Gasteiger partial charge in [0.15, 0.2) is 11.4 Å². The van der Waals surface area contributed by atoms with Gasteiger partial charge in [-0.1, -0.05) is 30.3 Å². The lowest BCUT2D eigenvalue weighted by atomic mass is 10.1. The zero-order chi connectivity index (χ0) is 21.3. The highest BCUT2D eigenvalue weighted by molar-refractivity contribution is 7.09. The van der Waals surface area contributed by atoms with E-state index in [2.05, 4.69) is 10.1 Å². The number of fused-ring (bicyclic) bond motifs is 1. The van der Waals surface area contributed by atoms with Gasteiger partial charge in [0.25, 0.3) is 5.91 Å². The Morgan fingerprint density at radius 1 is 1.30 bits per heavy atom. The van der Waals surface area contributed by atoms with Crippen LogP contribution in [0.3, 0.4) is 0 Å². The van der Waals surface area contributed by atoms with Gasteiger partial charge in [-0.15, -0.1) is 11.3 Å². The first-order valence-electron chi connectivity index (χ1n) is 9.63. The van der Waals surface area contributed by atoms with Crippen LogP contribution in [0.2, 0.25) is 0 Å². The fourth-order valence-electron chi connectivity index (χ4n) is 3.39. The lowest BCUT2D eigenvalue weighted by Gasteiger charge is -2.30. The summed E-state index contributed by atoms with van der Waals surface area (Å²) < 4.78 is 12.7. The molecule has 9 heteroatoms. The molecular weight excluding hydrogens is 404 g/mol. The molecule has 1 aliphatic heterocycles. The Morgan fingerprint density at radius 2 is 2.07 bits per heavy atom. The second-order valence-corrected chi connectivity index (χ2v) is 8.02. The number of rotatable bonds is 6. The average Bonchev–Trinajstić information content (AvgIpc) is 3.34. The lowest BCUT2D eigenvalue weighted by Crippen LogP contribution is -2.41. The number of nitrogens with zero attached hydrogens (tertiary/aromatic N) is 4. The van der Waals surface area contributed by atoms with Crippen molar-refractivity contribution in [3.63, 3.8) is 0 Å². The standard InChI is InChI=1S/C21H22N4O4S/c1-4-28-21(27)17-19(29-11-14-8-6-5-7-9-14)18-20(26)24(3)10-16(25(18)23-17)15-12-30-13(2)22-15/h5-9,12,16H,4,10-11H2,1-3H3. The Kier molecular flexibility index (Phi) is 5.54. The molecule has 3 heterocycles. The van der Waals surface area contributed by atoms with Crippen molar-refractivity contribution in [2.75, 3.05) is 20.2 Å². The summed E-state index contributed by atoms with van der Waals surface area (Å²) in [4.78, 5) is 31.8. The van der Waals surface area contributed by atoms with Gasteiger partial charge in [0.05, 0.1) is 17.3 Å². The Balaban J connectivity index is 1.80. The smallest absolute Gasteiger partial charge is 0.362 e. The highest BCUT2D eigenvalue weighted by Crippen LogP contribution is 2.35. The number of aryl methyl sites for hydroxylation is 1. The largest absolute Gasteiger partial charge is 0.484 e. The number of carbonyl (C=O) groups is 2. The predicted molar refractivity (Wildman–Crippen MR) is 111 cm³/mol. The molecule has 8 nitrogen and oxygen atoms in total. The summed E-state index contributed by atoms with van der Waals surface area (Å²) in [6.45, 7) is 4.44. The number of esters is 1. The van der Waals surface area contributed by atoms with E-state index in [1.54, 1.807) is 23.6 Å². The summed E-state index contributed by atoms with van der Waals surface area (Å²) in [5, 5.41) is 7.34. The summed E-state index contributed by atoms with van der Waals surface area (Å²) in [5.41, 5.74) is 1.95. The number of ether oxygens (including phenoxy) is 2. The van der Waals surface area contributed by atoms with E-state index >= 15 is 0 Å². The van der Waals surface area contributed by atoms with Gasteiger partial charge in [-0.05, 0) is 19.4 Å². The van der Waals surface area contributed by atoms with Crippen LogP contribution in [0.5, 0.6) is 5.75 Å². The highest BCUT2D eigenvalue weighted by atomic mass is 32.1. The van der Waals surface area contributed by atoms with Crippen LogP contribution in [0.25, 0.3) is 0 Å². The average molecular weight is 426 g/mol. The number of likely N-dealkylation sites (N-methyl/N-ethyl adjacent to an activating group) is 1. The zero-order valence-corrected chi connectivity index (χ0v) is 17.8. The number of amides is 1. The fraction of sp³-hybridized carbons (Fsp3) is 0.333. The van der Waals surface area contributed by atoms with Gasteiger partial charge < -0.3 is 14.4 Å². The number of benzene rings is 1. The third-order valence-electron chi connectivity index (χ3n) is 4.83. The molecule has 1 aliphatic rings. The van der Waals surface area contributed by atoms with Crippen molar-refractivity contribution < 1.29 is 19.1 Å². The van der Waals surface area contributed by atoms with Gasteiger partial charge in [0, 0.05) is 19.0 Å². The van der Waals surface area contributed by atoms with E-state index in [4.69, 9.17) is 9.47 Å². The van der Waals surface area contributed by atoms with Crippen molar-refractivity contribution in [1.29, 1.82) is 0 Å². The molecule has 1 atom stereocenters. The molecule has 3 aromatic rings.